The van der Waals surface area contributed by atoms with Crippen molar-refractivity contribution in [3.8, 4) is 0 Å². The second-order valence-corrected chi connectivity index (χ2v) is 4.03. The van der Waals surface area contributed by atoms with Crippen LogP contribution in [0.25, 0.3) is 0 Å². The number of rotatable bonds is 0. The number of carboxylic acid groups (broad SMARTS) is 1. The van der Waals surface area contributed by atoms with Crippen LogP contribution in [0.2, 0.25) is 0 Å². The highest BCUT2D eigenvalue weighted by molar-refractivity contribution is 5.73. The SMILES string of the molecule is CC1NC2CCC1C2.O=C(O)C(F)(F)F. The highest BCUT2D eigenvalue weighted by Gasteiger charge is 2.38. The number of carboxylic acids is 1. The second kappa shape index (κ2) is 4.38. The average molecular weight is 225 g/mol. The third-order valence-corrected chi connectivity index (χ3v) is 2.92. The Kier molecular flexibility index (Phi) is 3.59. The summed E-state index contributed by atoms with van der Waals surface area (Å²) in [7, 11) is 0. The smallest absolute Gasteiger partial charge is 0.475 e. The van der Waals surface area contributed by atoms with Crippen LogP contribution in [-0.4, -0.2) is 29.3 Å². The zero-order chi connectivity index (χ0) is 11.6. The molecule has 2 fully saturated rings. The topological polar surface area (TPSA) is 49.3 Å². The average Bonchev–Trinajstić information content (AvgIpc) is 2.63. The number of alkyl halides is 3. The van der Waals surface area contributed by atoms with Crippen molar-refractivity contribution >= 4 is 5.97 Å². The Morgan fingerprint density at radius 3 is 2.07 bits per heavy atom. The number of aliphatic carboxylic acids is 1. The molecule has 88 valence electrons. The summed E-state index contributed by atoms with van der Waals surface area (Å²) in [6.07, 6.45) is -0.699. The van der Waals surface area contributed by atoms with Gasteiger partial charge in [-0.05, 0) is 32.1 Å². The van der Waals surface area contributed by atoms with Crippen LogP contribution in [0.4, 0.5) is 13.2 Å². The second-order valence-electron chi connectivity index (χ2n) is 4.03. The maximum absolute atomic E-state index is 10.6. The van der Waals surface area contributed by atoms with Crippen LogP contribution < -0.4 is 5.32 Å². The van der Waals surface area contributed by atoms with E-state index in [9.17, 15) is 13.2 Å². The fourth-order valence-corrected chi connectivity index (χ4v) is 2.13. The van der Waals surface area contributed by atoms with Crippen molar-refractivity contribution in [2.75, 3.05) is 0 Å². The van der Waals surface area contributed by atoms with Crippen molar-refractivity contribution < 1.29 is 23.1 Å². The van der Waals surface area contributed by atoms with Gasteiger partial charge in [-0.2, -0.15) is 13.2 Å². The van der Waals surface area contributed by atoms with E-state index in [1.165, 1.54) is 19.3 Å². The first-order valence-electron chi connectivity index (χ1n) is 4.87. The molecule has 2 rings (SSSR count). The lowest BCUT2D eigenvalue weighted by atomic mass is 10.0. The Bertz CT molecular complexity index is 240. The number of halogens is 3. The van der Waals surface area contributed by atoms with Crippen LogP contribution in [-0.2, 0) is 4.79 Å². The third-order valence-electron chi connectivity index (χ3n) is 2.92. The fraction of sp³-hybridized carbons (Fsp3) is 0.889. The van der Waals surface area contributed by atoms with E-state index < -0.39 is 12.1 Å². The number of fused-ring (bicyclic) bond motifs is 2. The highest BCUT2D eigenvalue weighted by atomic mass is 19.4. The molecule has 2 bridgehead atoms. The normalized spacial score (nSPS) is 33.5. The standard InChI is InChI=1S/C7H13N.C2HF3O2/c1-5-6-2-3-7(4-6)8-5;3-2(4,5)1(6)7/h5-8H,2-4H2,1H3;(H,6,7). The van der Waals surface area contributed by atoms with Gasteiger partial charge in [-0.25, -0.2) is 4.79 Å². The van der Waals surface area contributed by atoms with Gasteiger partial charge in [-0.1, -0.05) is 0 Å². The zero-order valence-corrected chi connectivity index (χ0v) is 8.34. The van der Waals surface area contributed by atoms with E-state index in [1.807, 2.05) is 0 Å². The molecule has 1 saturated carbocycles. The predicted octanol–water partition coefficient (Wildman–Crippen LogP) is 1.78. The minimum atomic E-state index is -5.08. The molecule has 6 heteroatoms. The van der Waals surface area contributed by atoms with Crippen molar-refractivity contribution in [3.63, 3.8) is 0 Å². The summed E-state index contributed by atoms with van der Waals surface area (Å²) < 4.78 is 31.7. The van der Waals surface area contributed by atoms with Gasteiger partial charge in [0, 0.05) is 12.1 Å². The van der Waals surface area contributed by atoms with Crippen LogP contribution in [0.3, 0.4) is 0 Å². The molecule has 0 aromatic carbocycles. The van der Waals surface area contributed by atoms with Crippen LogP contribution >= 0.6 is 0 Å². The Balaban J connectivity index is 0.000000153. The molecule has 2 aliphatic rings. The molecule has 15 heavy (non-hydrogen) atoms. The summed E-state index contributed by atoms with van der Waals surface area (Å²) in [6, 6.07) is 1.73. The van der Waals surface area contributed by atoms with E-state index >= 15 is 0 Å². The van der Waals surface area contributed by atoms with Crippen molar-refractivity contribution in [2.24, 2.45) is 5.92 Å². The summed E-state index contributed by atoms with van der Waals surface area (Å²) in [6.45, 7) is 2.31. The highest BCUT2D eigenvalue weighted by Crippen LogP contribution is 2.34. The van der Waals surface area contributed by atoms with Crippen LogP contribution in [0.1, 0.15) is 26.2 Å². The number of nitrogens with one attached hydrogen (secondary N) is 1. The lowest BCUT2D eigenvalue weighted by Gasteiger charge is -2.17. The molecule has 0 spiro atoms. The van der Waals surface area contributed by atoms with Gasteiger partial charge in [0.05, 0.1) is 0 Å². The molecule has 0 amide bonds. The Morgan fingerprint density at radius 2 is 1.93 bits per heavy atom. The van der Waals surface area contributed by atoms with Gasteiger partial charge < -0.3 is 10.4 Å². The molecule has 1 saturated heterocycles. The van der Waals surface area contributed by atoms with Gasteiger partial charge in [0.1, 0.15) is 0 Å². The quantitative estimate of drug-likeness (QED) is 0.660. The number of piperidine rings is 1. The van der Waals surface area contributed by atoms with E-state index in [-0.39, 0.29) is 0 Å². The number of hydrogen-bond acceptors (Lipinski definition) is 2. The molecular weight excluding hydrogens is 211 g/mol. The van der Waals surface area contributed by atoms with Gasteiger partial charge in [0.15, 0.2) is 0 Å². The summed E-state index contributed by atoms with van der Waals surface area (Å²) in [5.74, 6) is -1.73. The minimum absolute atomic E-state index is 0.828. The predicted molar refractivity (Wildman–Crippen MR) is 47.4 cm³/mol. The Morgan fingerprint density at radius 1 is 1.40 bits per heavy atom. The molecule has 1 heterocycles. The maximum atomic E-state index is 10.6. The van der Waals surface area contributed by atoms with E-state index in [4.69, 9.17) is 9.90 Å². The van der Waals surface area contributed by atoms with Gasteiger partial charge in [0.2, 0.25) is 0 Å². The molecule has 1 aliphatic heterocycles. The van der Waals surface area contributed by atoms with E-state index in [0.717, 1.165) is 18.0 Å². The van der Waals surface area contributed by atoms with E-state index in [0.29, 0.717) is 0 Å². The zero-order valence-electron chi connectivity index (χ0n) is 8.34. The summed E-state index contributed by atoms with van der Waals surface area (Å²) >= 11 is 0. The monoisotopic (exact) mass is 225 g/mol. The molecule has 3 unspecified atom stereocenters. The van der Waals surface area contributed by atoms with Crippen molar-refractivity contribution in [1.29, 1.82) is 0 Å². The van der Waals surface area contributed by atoms with Crippen molar-refractivity contribution in [2.45, 2.75) is 44.4 Å². The molecule has 3 nitrogen and oxygen atoms in total. The summed E-state index contributed by atoms with van der Waals surface area (Å²) in [4.78, 5) is 8.90. The van der Waals surface area contributed by atoms with Crippen LogP contribution in [0.5, 0.6) is 0 Å². The van der Waals surface area contributed by atoms with Crippen molar-refractivity contribution in [1.82, 2.24) is 5.32 Å². The van der Waals surface area contributed by atoms with Crippen LogP contribution in [0.15, 0.2) is 0 Å². The van der Waals surface area contributed by atoms with E-state index in [2.05, 4.69) is 12.2 Å². The Hall–Kier alpha value is -0.780. The van der Waals surface area contributed by atoms with E-state index in [1.54, 1.807) is 0 Å². The summed E-state index contributed by atoms with van der Waals surface area (Å²) in [5.41, 5.74) is 0. The Labute approximate surface area is 85.7 Å². The first-order valence-corrected chi connectivity index (χ1v) is 4.87. The van der Waals surface area contributed by atoms with Crippen LogP contribution in [0, 0.1) is 5.92 Å². The van der Waals surface area contributed by atoms with Crippen molar-refractivity contribution in [3.05, 3.63) is 0 Å². The minimum Gasteiger partial charge on any atom is -0.475 e. The van der Waals surface area contributed by atoms with Gasteiger partial charge >= 0.3 is 12.1 Å². The largest absolute Gasteiger partial charge is 0.490 e. The molecule has 0 aromatic heterocycles. The third kappa shape index (κ3) is 3.37. The van der Waals surface area contributed by atoms with Gasteiger partial charge in [0.25, 0.3) is 0 Å². The molecular formula is C9H14F3NO2. The molecule has 0 aromatic rings. The first kappa shape index (κ1) is 12.3. The molecule has 3 atom stereocenters. The van der Waals surface area contributed by atoms with Gasteiger partial charge in [-0.15, -0.1) is 0 Å². The number of carbonyl (C=O) groups is 1. The molecule has 0 radical (unpaired) electrons. The lowest BCUT2D eigenvalue weighted by molar-refractivity contribution is -0.192. The van der Waals surface area contributed by atoms with Gasteiger partial charge in [-0.3, -0.25) is 0 Å². The first-order chi connectivity index (χ1) is 6.80. The summed E-state index contributed by atoms with van der Waals surface area (Å²) in [5, 5.41) is 10.7. The molecule has 2 N–H and O–H groups in total. The lowest BCUT2D eigenvalue weighted by Crippen LogP contribution is -2.32. The fourth-order valence-electron chi connectivity index (χ4n) is 2.13. The number of hydrogen-bond donors (Lipinski definition) is 2. The maximum Gasteiger partial charge on any atom is 0.490 e. The molecule has 1 aliphatic carbocycles.